The van der Waals surface area contributed by atoms with Gasteiger partial charge < -0.3 is 0 Å². The highest BCUT2D eigenvalue weighted by atomic mass is 14.6. The van der Waals surface area contributed by atoms with Gasteiger partial charge in [0, 0.05) is 0 Å². The van der Waals surface area contributed by atoms with Gasteiger partial charge in [-0.25, -0.2) is 0 Å². The maximum atomic E-state index is 2.39. The van der Waals surface area contributed by atoms with Crippen LogP contribution in [0.2, 0.25) is 0 Å². The van der Waals surface area contributed by atoms with E-state index in [1.54, 1.807) is 19.3 Å². The van der Waals surface area contributed by atoms with E-state index in [2.05, 4.69) is 13.8 Å². The van der Waals surface area contributed by atoms with Crippen LogP contribution in [0.25, 0.3) is 0 Å². The van der Waals surface area contributed by atoms with Crippen molar-refractivity contribution in [1.29, 1.82) is 0 Å². The molecule has 1 unspecified atom stereocenters. The van der Waals surface area contributed by atoms with E-state index in [9.17, 15) is 0 Å². The molecule has 52 valence electrons. The van der Waals surface area contributed by atoms with Gasteiger partial charge in [-0.1, -0.05) is 20.3 Å². The summed E-state index contributed by atoms with van der Waals surface area (Å²) in [5.41, 5.74) is 0.911. The Morgan fingerprint density at radius 3 is 2.33 bits per heavy atom. The molecule has 0 radical (unpaired) electrons. The lowest BCUT2D eigenvalue weighted by atomic mass is 9.71. The maximum Gasteiger partial charge on any atom is -0.0261 e. The van der Waals surface area contributed by atoms with E-state index in [0.29, 0.717) is 0 Å². The van der Waals surface area contributed by atoms with Gasteiger partial charge in [-0.15, -0.1) is 0 Å². The molecule has 0 aromatic rings. The van der Waals surface area contributed by atoms with Crippen molar-refractivity contribution < 1.29 is 0 Å². The van der Waals surface area contributed by atoms with Gasteiger partial charge in [0.2, 0.25) is 0 Å². The number of rotatable bonds is 1. The lowest BCUT2D eigenvalue weighted by Gasteiger charge is -2.34. The first-order chi connectivity index (χ1) is 4.27. The molecule has 2 aliphatic carbocycles. The van der Waals surface area contributed by atoms with Crippen LogP contribution in [0.15, 0.2) is 0 Å². The van der Waals surface area contributed by atoms with Crippen molar-refractivity contribution in [1.82, 2.24) is 0 Å². The Balaban J connectivity index is 1.89. The summed E-state index contributed by atoms with van der Waals surface area (Å²) < 4.78 is 0. The molecule has 0 heteroatoms. The zero-order valence-corrected chi connectivity index (χ0v) is 6.48. The van der Waals surface area contributed by atoms with Gasteiger partial charge in [0.15, 0.2) is 0 Å². The zero-order chi connectivity index (χ0) is 6.48. The zero-order valence-electron chi connectivity index (χ0n) is 6.48. The molecule has 2 aliphatic rings. The largest absolute Gasteiger partial charge is 0.0651 e. The quantitative estimate of drug-likeness (QED) is 0.504. The SMILES string of the molecule is CCC1CC12CC(C)C2. The fourth-order valence-corrected chi connectivity index (χ4v) is 2.84. The minimum Gasteiger partial charge on any atom is -0.0651 e. The van der Waals surface area contributed by atoms with Crippen molar-refractivity contribution in [2.45, 2.75) is 39.5 Å². The Hall–Kier alpha value is 0. The fourth-order valence-electron chi connectivity index (χ4n) is 2.84. The average molecular weight is 124 g/mol. The summed E-state index contributed by atoms with van der Waals surface area (Å²) in [6.07, 6.45) is 6.09. The van der Waals surface area contributed by atoms with E-state index < -0.39 is 0 Å². The molecule has 0 N–H and O–H groups in total. The predicted molar refractivity (Wildman–Crippen MR) is 39.2 cm³/mol. The third kappa shape index (κ3) is 0.653. The van der Waals surface area contributed by atoms with Crippen LogP contribution >= 0.6 is 0 Å². The molecular weight excluding hydrogens is 108 g/mol. The van der Waals surface area contributed by atoms with Crippen molar-refractivity contribution in [3.63, 3.8) is 0 Å². The molecule has 0 aromatic heterocycles. The Morgan fingerprint density at radius 2 is 2.00 bits per heavy atom. The van der Waals surface area contributed by atoms with Gasteiger partial charge in [-0.3, -0.25) is 0 Å². The third-order valence-electron chi connectivity index (χ3n) is 3.36. The predicted octanol–water partition coefficient (Wildman–Crippen LogP) is 2.83. The molecule has 0 bridgehead atoms. The first kappa shape index (κ1) is 5.76. The second-order valence-corrected chi connectivity index (χ2v) is 4.19. The summed E-state index contributed by atoms with van der Waals surface area (Å²) in [6, 6.07) is 0. The Labute approximate surface area is 57.6 Å². The van der Waals surface area contributed by atoms with Crippen LogP contribution in [0.3, 0.4) is 0 Å². The molecule has 0 aromatic carbocycles. The van der Waals surface area contributed by atoms with E-state index in [4.69, 9.17) is 0 Å². The highest BCUT2D eigenvalue weighted by Crippen LogP contribution is 2.68. The van der Waals surface area contributed by atoms with Crippen LogP contribution in [-0.4, -0.2) is 0 Å². The number of hydrogen-bond acceptors (Lipinski definition) is 0. The van der Waals surface area contributed by atoms with Gasteiger partial charge in [-0.2, -0.15) is 0 Å². The fraction of sp³-hybridized carbons (Fsp3) is 1.00. The molecule has 0 nitrogen and oxygen atoms in total. The van der Waals surface area contributed by atoms with Crippen molar-refractivity contribution in [3.05, 3.63) is 0 Å². The Kier molecular flexibility index (Phi) is 0.980. The lowest BCUT2D eigenvalue weighted by molar-refractivity contribution is 0.164. The minimum absolute atomic E-state index is 0.911. The number of hydrogen-bond donors (Lipinski definition) is 0. The molecule has 2 rings (SSSR count). The molecule has 0 saturated heterocycles. The van der Waals surface area contributed by atoms with Crippen LogP contribution in [-0.2, 0) is 0 Å². The van der Waals surface area contributed by atoms with E-state index in [-0.39, 0.29) is 0 Å². The van der Waals surface area contributed by atoms with Gasteiger partial charge >= 0.3 is 0 Å². The van der Waals surface area contributed by atoms with Gasteiger partial charge in [-0.05, 0) is 36.5 Å². The molecule has 0 amide bonds. The van der Waals surface area contributed by atoms with E-state index in [1.165, 1.54) is 6.42 Å². The van der Waals surface area contributed by atoms with E-state index >= 15 is 0 Å². The van der Waals surface area contributed by atoms with Crippen molar-refractivity contribution in [2.75, 3.05) is 0 Å². The topological polar surface area (TPSA) is 0 Å². The van der Waals surface area contributed by atoms with Crippen molar-refractivity contribution in [2.24, 2.45) is 17.3 Å². The van der Waals surface area contributed by atoms with Crippen LogP contribution in [0.5, 0.6) is 0 Å². The standard InChI is InChI=1S/C9H16/c1-3-8-6-9(8)4-7(2)5-9/h7-8H,3-6H2,1-2H3. The van der Waals surface area contributed by atoms with Gasteiger partial charge in [0.05, 0.1) is 0 Å². The highest BCUT2D eigenvalue weighted by Gasteiger charge is 2.58. The van der Waals surface area contributed by atoms with Gasteiger partial charge in [0.25, 0.3) is 0 Å². The highest BCUT2D eigenvalue weighted by molar-refractivity contribution is 5.08. The summed E-state index contributed by atoms with van der Waals surface area (Å²) in [7, 11) is 0. The lowest BCUT2D eigenvalue weighted by Crippen LogP contribution is -2.24. The Bertz CT molecular complexity index is 120. The first-order valence-electron chi connectivity index (χ1n) is 4.27. The summed E-state index contributed by atoms with van der Waals surface area (Å²) in [5, 5.41) is 0. The minimum atomic E-state index is 0.911. The van der Waals surface area contributed by atoms with Crippen molar-refractivity contribution >= 4 is 0 Å². The smallest absolute Gasteiger partial charge is 0.0261 e. The molecule has 0 aliphatic heterocycles. The van der Waals surface area contributed by atoms with Crippen LogP contribution in [0.4, 0.5) is 0 Å². The normalized spacial score (nSPS) is 55.3. The van der Waals surface area contributed by atoms with Crippen LogP contribution < -0.4 is 0 Å². The molecule has 9 heavy (non-hydrogen) atoms. The summed E-state index contributed by atoms with van der Waals surface area (Å²) in [5.74, 6) is 2.19. The summed E-state index contributed by atoms with van der Waals surface area (Å²) in [6.45, 7) is 4.72. The summed E-state index contributed by atoms with van der Waals surface area (Å²) >= 11 is 0. The Morgan fingerprint density at radius 1 is 1.33 bits per heavy atom. The van der Waals surface area contributed by atoms with Gasteiger partial charge in [0.1, 0.15) is 0 Å². The maximum absolute atomic E-state index is 2.39. The molecule has 1 spiro atoms. The average Bonchev–Trinajstić information content (AvgIpc) is 2.41. The van der Waals surface area contributed by atoms with E-state index in [1.807, 2.05) is 0 Å². The van der Waals surface area contributed by atoms with Crippen LogP contribution in [0.1, 0.15) is 39.5 Å². The summed E-state index contributed by atoms with van der Waals surface area (Å²) in [4.78, 5) is 0. The molecule has 1 atom stereocenters. The van der Waals surface area contributed by atoms with Crippen LogP contribution in [0, 0.1) is 17.3 Å². The molecule has 2 saturated carbocycles. The van der Waals surface area contributed by atoms with E-state index in [0.717, 1.165) is 17.3 Å². The third-order valence-corrected chi connectivity index (χ3v) is 3.36. The second kappa shape index (κ2) is 1.53. The monoisotopic (exact) mass is 124 g/mol. The first-order valence-corrected chi connectivity index (χ1v) is 4.27. The van der Waals surface area contributed by atoms with Crippen molar-refractivity contribution in [3.8, 4) is 0 Å². The molecule has 2 fully saturated rings. The second-order valence-electron chi connectivity index (χ2n) is 4.19. The molecular formula is C9H16. The molecule has 0 heterocycles.